The summed E-state index contributed by atoms with van der Waals surface area (Å²) in [7, 11) is 1.65. The van der Waals surface area contributed by atoms with Crippen LogP contribution in [0.3, 0.4) is 0 Å². The van der Waals surface area contributed by atoms with E-state index in [0.717, 1.165) is 30.8 Å². The molecule has 0 radical (unpaired) electrons. The number of hydrogen-bond donors (Lipinski definition) is 0. The van der Waals surface area contributed by atoms with Crippen molar-refractivity contribution in [1.29, 1.82) is 0 Å². The molecule has 16 heavy (non-hydrogen) atoms. The second kappa shape index (κ2) is 6.79. The zero-order valence-electron chi connectivity index (χ0n) is 9.95. The van der Waals surface area contributed by atoms with Gasteiger partial charge in [-0.05, 0) is 30.5 Å². The van der Waals surface area contributed by atoms with Gasteiger partial charge in [-0.2, -0.15) is 0 Å². The summed E-state index contributed by atoms with van der Waals surface area (Å²) in [6, 6.07) is 5.97. The summed E-state index contributed by atoms with van der Waals surface area (Å²) in [5.41, 5.74) is 1.18. The summed E-state index contributed by atoms with van der Waals surface area (Å²) in [5, 5.41) is 0. The second-order valence-electron chi connectivity index (χ2n) is 3.54. The molecule has 0 aliphatic heterocycles. The topological polar surface area (TPSA) is 18.5 Å². The third-order valence-corrected chi connectivity index (χ3v) is 2.25. The van der Waals surface area contributed by atoms with Gasteiger partial charge in [-0.15, -0.1) is 12.3 Å². The molecule has 1 rings (SSSR count). The highest BCUT2D eigenvalue weighted by molar-refractivity contribution is 5.43. The lowest BCUT2D eigenvalue weighted by molar-refractivity contribution is 0.294. The minimum Gasteiger partial charge on any atom is -0.493 e. The second-order valence-corrected chi connectivity index (χ2v) is 3.54. The van der Waals surface area contributed by atoms with E-state index >= 15 is 0 Å². The fourth-order valence-electron chi connectivity index (χ4n) is 1.42. The maximum atomic E-state index is 5.57. The predicted molar refractivity (Wildman–Crippen MR) is 65.9 cm³/mol. The minimum atomic E-state index is 0.708. The van der Waals surface area contributed by atoms with Crippen LogP contribution in [0.4, 0.5) is 0 Å². The lowest BCUT2D eigenvalue weighted by Crippen LogP contribution is -1.98. The van der Waals surface area contributed by atoms with E-state index in [4.69, 9.17) is 15.9 Å². The number of benzene rings is 1. The average Bonchev–Trinajstić information content (AvgIpc) is 2.34. The van der Waals surface area contributed by atoms with Gasteiger partial charge in [0.15, 0.2) is 11.5 Å². The number of rotatable bonds is 6. The van der Waals surface area contributed by atoms with Crippen molar-refractivity contribution in [2.75, 3.05) is 13.7 Å². The Labute approximate surface area is 97.6 Å². The van der Waals surface area contributed by atoms with Crippen molar-refractivity contribution in [3.8, 4) is 23.8 Å². The van der Waals surface area contributed by atoms with Crippen LogP contribution < -0.4 is 9.47 Å². The molecule has 0 N–H and O–H groups in total. The molecule has 2 nitrogen and oxygen atoms in total. The molecule has 1 aromatic carbocycles. The Hall–Kier alpha value is -1.62. The zero-order chi connectivity index (χ0) is 11.8. The Morgan fingerprint density at radius 3 is 2.75 bits per heavy atom. The maximum absolute atomic E-state index is 5.57. The van der Waals surface area contributed by atoms with Crippen LogP contribution in [-0.4, -0.2) is 13.7 Å². The number of methoxy groups -OCH3 is 1. The Morgan fingerprint density at radius 2 is 2.12 bits per heavy atom. The van der Waals surface area contributed by atoms with Crippen molar-refractivity contribution in [2.45, 2.75) is 26.2 Å². The maximum Gasteiger partial charge on any atom is 0.161 e. The van der Waals surface area contributed by atoms with Crippen LogP contribution in [0.25, 0.3) is 0 Å². The minimum absolute atomic E-state index is 0.708. The van der Waals surface area contributed by atoms with Gasteiger partial charge in [-0.1, -0.05) is 13.0 Å². The summed E-state index contributed by atoms with van der Waals surface area (Å²) >= 11 is 0. The fraction of sp³-hybridized carbons (Fsp3) is 0.429. The summed E-state index contributed by atoms with van der Waals surface area (Å²) in [6.45, 7) is 2.79. The summed E-state index contributed by atoms with van der Waals surface area (Å²) in [4.78, 5) is 0. The highest BCUT2D eigenvalue weighted by Crippen LogP contribution is 2.28. The third-order valence-electron chi connectivity index (χ3n) is 2.25. The molecular formula is C14H18O2. The van der Waals surface area contributed by atoms with Crippen molar-refractivity contribution in [1.82, 2.24) is 0 Å². The van der Waals surface area contributed by atoms with Gasteiger partial charge in [0, 0.05) is 6.42 Å². The zero-order valence-corrected chi connectivity index (χ0v) is 9.95. The molecule has 0 fully saturated rings. The van der Waals surface area contributed by atoms with Crippen LogP contribution in [0.5, 0.6) is 11.5 Å². The quantitative estimate of drug-likeness (QED) is 0.683. The van der Waals surface area contributed by atoms with E-state index in [-0.39, 0.29) is 0 Å². The fourth-order valence-corrected chi connectivity index (χ4v) is 1.42. The molecule has 86 valence electrons. The van der Waals surface area contributed by atoms with E-state index < -0.39 is 0 Å². The van der Waals surface area contributed by atoms with E-state index in [1.54, 1.807) is 7.11 Å². The average molecular weight is 218 g/mol. The van der Waals surface area contributed by atoms with Crippen molar-refractivity contribution in [3.63, 3.8) is 0 Å². The van der Waals surface area contributed by atoms with Gasteiger partial charge in [0.1, 0.15) is 0 Å². The molecular weight excluding hydrogens is 200 g/mol. The van der Waals surface area contributed by atoms with E-state index in [1.807, 2.05) is 18.2 Å². The van der Waals surface area contributed by atoms with Crippen molar-refractivity contribution in [3.05, 3.63) is 23.8 Å². The van der Waals surface area contributed by atoms with Crippen LogP contribution in [0.1, 0.15) is 25.3 Å². The summed E-state index contributed by atoms with van der Waals surface area (Å²) in [6.07, 6.45) is 7.85. The molecule has 0 aliphatic carbocycles. The molecule has 0 unspecified atom stereocenters. The first-order valence-corrected chi connectivity index (χ1v) is 5.55. The largest absolute Gasteiger partial charge is 0.493 e. The molecule has 0 spiro atoms. The molecule has 0 amide bonds. The van der Waals surface area contributed by atoms with Gasteiger partial charge >= 0.3 is 0 Å². The van der Waals surface area contributed by atoms with Crippen molar-refractivity contribution >= 4 is 0 Å². The van der Waals surface area contributed by atoms with Crippen LogP contribution in [-0.2, 0) is 6.42 Å². The lowest BCUT2D eigenvalue weighted by Gasteiger charge is -2.11. The van der Waals surface area contributed by atoms with Crippen LogP contribution in [0.2, 0.25) is 0 Å². The monoisotopic (exact) mass is 218 g/mol. The number of terminal acetylenes is 1. The van der Waals surface area contributed by atoms with E-state index in [9.17, 15) is 0 Å². The van der Waals surface area contributed by atoms with Gasteiger partial charge in [-0.3, -0.25) is 0 Å². The van der Waals surface area contributed by atoms with E-state index in [1.165, 1.54) is 5.56 Å². The van der Waals surface area contributed by atoms with Gasteiger partial charge in [0.05, 0.1) is 13.7 Å². The van der Waals surface area contributed by atoms with Crippen molar-refractivity contribution < 1.29 is 9.47 Å². The van der Waals surface area contributed by atoms with Crippen molar-refractivity contribution in [2.24, 2.45) is 0 Å². The standard InChI is InChI=1S/C14H18O2/c1-4-6-7-12-8-9-13(16-10-5-2)14(11-12)15-3/h1,8-9,11H,5-7,10H2,2-3H3. The predicted octanol–water partition coefficient (Wildman–Crippen LogP) is 3.05. The smallest absolute Gasteiger partial charge is 0.161 e. The van der Waals surface area contributed by atoms with Crippen LogP contribution in [0.15, 0.2) is 18.2 Å². The van der Waals surface area contributed by atoms with E-state index in [0.29, 0.717) is 6.61 Å². The van der Waals surface area contributed by atoms with Gasteiger partial charge in [-0.25, -0.2) is 0 Å². The highest BCUT2D eigenvalue weighted by atomic mass is 16.5. The Balaban J connectivity index is 2.76. The molecule has 0 atom stereocenters. The first-order valence-electron chi connectivity index (χ1n) is 5.55. The molecule has 0 heterocycles. The summed E-state index contributed by atoms with van der Waals surface area (Å²) in [5.74, 6) is 4.21. The Bertz CT molecular complexity index is 363. The van der Waals surface area contributed by atoms with E-state index in [2.05, 4.69) is 12.8 Å². The molecule has 0 saturated carbocycles. The van der Waals surface area contributed by atoms with Gasteiger partial charge < -0.3 is 9.47 Å². The molecule has 0 bridgehead atoms. The lowest BCUT2D eigenvalue weighted by atomic mass is 10.1. The highest BCUT2D eigenvalue weighted by Gasteiger charge is 2.04. The Morgan fingerprint density at radius 1 is 1.31 bits per heavy atom. The molecule has 2 heteroatoms. The Kier molecular flexibility index (Phi) is 5.28. The number of ether oxygens (including phenoxy) is 2. The normalized spacial score (nSPS) is 9.56. The first kappa shape index (κ1) is 12.4. The summed E-state index contributed by atoms with van der Waals surface area (Å²) < 4.78 is 10.9. The van der Waals surface area contributed by atoms with Crippen LogP contribution in [0, 0.1) is 12.3 Å². The SMILES string of the molecule is C#CCCc1ccc(OCCC)c(OC)c1. The number of aryl methyl sites for hydroxylation is 1. The number of hydrogen-bond acceptors (Lipinski definition) is 2. The molecule has 0 aliphatic rings. The molecule has 0 aromatic heterocycles. The third kappa shape index (κ3) is 3.51. The molecule has 0 saturated heterocycles. The molecule has 1 aromatic rings. The van der Waals surface area contributed by atoms with Gasteiger partial charge in [0.2, 0.25) is 0 Å². The first-order chi connectivity index (χ1) is 7.81. The van der Waals surface area contributed by atoms with Crippen LogP contribution >= 0.6 is 0 Å². The van der Waals surface area contributed by atoms with Gasteiger partial charge in [0.25, 0.3) is 0 Å².